The average Bonchev–Trinajstić information content (AvgIpc) is 3.19. The minimum absolute atomic E-state index is 0.0129. The average molecular weight is 389 g/mol. The summed E-state index contributed by atoms with van der Waals surface area (Å²) in [5.41, 5.74) is 1.04. The summed E-state index contributed by atoms with van der Waals surface area (Å²) >= 11 is 1.16. The van der Waals surface area contributed by atoms with Crippen LogP contribution in [-0.2, 0) is 23.1 Å². The van der Waals surface area contributed by atoms with E-state index in [2.05, 4.69) is 16.0 Å². The molecule has 0 fully saturated rings. The summed E-state index contributed by atoms with van der Waals surface area (Å²) in [5.74, 6) is 2.07. The SMILES string of the molecule is C#CCn1c(=NC(=O)c2ccnn2CC)sc2cc(S(N)(=O)=O)ccc21. The first-order chi connectivity index (χ1) is 12.3. The van der Waals surface area contributed by atoms with Crippen LogP contribution in [0.1, 0.15) is 17.4 Å². The Balaban J connectivity index is 2.20. The van der Waals surface area contributed by atoms with Crippen molar-refractivity contribution in [2.75, 3.05) is 0 Å². The Morgan fingerprint density at radius 2 is 2.19 bits per heavy atom. The summed E-state index contributed by atoms with van der Waals surface area (Å²) in [5, 5.41) is 9.24. The first-order valence-electron chi connectivity index (χ1n) is 7.55. The second kappa shape index (κ2) is 6.87. The van der Waals surface area contributed by atoms with Crippen LogP contribution in [0.3, 0.4) is 0 Å². The molecule has 26 heavy (non-hydrogen) atoms. The van der Waals surface area contributed by atoms with Gasteiger partial charge in [-0.05, 0) is 31.2 Å². The van der Waals surface area contributed by atoms with E-state index in [4.69, 9.17) is 11.6 Å². The first-order valence-corrected chi connectivity index (χ1v) is 9.92. The summed E-state index contributed by atoms with van der Waals surface area (Å²) in [6.07, 6.45) is 6.96. The van der Waals surface area contributed by atoms with Crippen LogP contribution in [0.5, 0.6) is 0 Å². The molecular weight excluding hydrogens is 374 g/mol. The van der Waals surface area contributed by atoms with Crippen LogP contribution in [0, 0.1) is 12.3 Å². The van der Waals surface area contributed by atoms with Gasteiger partial charge in [-0.2, -0.15) is 10.1 Å². The highest BCUT2D eigenvalue weighted by molar-refractivity contribution is 7.89. The van der Waals surface area contributed by atoms with Crippen LogP contribution in [0.2, 0.25) is 0 Å². The van der Waals surface area contributed by atoms with Gasteiger partial charge in [-0.15, -0.1) is 6.42 Å². The molecule has 3 rings (SSSR count). The van der Waals surface area contributed by atoms with E-state index in [1.165, 1.54) is 18.3 Å². The quantitative estimate of drug-likeness (QED) is 0.669. The van der Waals surface area contributed by atoms with Crippen LogP contribution in [-0.4, -0.2) is 28.7 Å². The largest absolute Gasteiger partial charge is 0.305 e. The Bertz CT molecular complexity index is 1210. The minimum atomic E-state index is -3.83. The molecule has 0 aliphatic carbocycles. The van der Waals surface area contributed by atoms with E-state index in [0.717, 1.165) is 11.3 Å². The molecule has 0 aliphatic rings. The summed E-state index contributed by atoms with van der Waals surface area (Å²) in [6.45, 7) is 2.60. The van der Waals surface area contributed by atoms with Crippen molar-refractivity contribution in [2.45, 2.75) is 24.9 Å². The van der Waals surface area contributed by atoms with Gasteiger partial charge in [0.05, 0.1) is 21.7 Å². The number of nitrogens with zero attached hydrogens (tertiary/aromatic N) is 4. The van der Waals surface area contributed by atoms with Gasteiger partial charge >= 0.3 is 0 Å². The number of rotatable bonds is 4. The molecule has 0 bridgehead atoms. The molecule has 2 heterocycles. The number of benzene rings is 1. The number of aromatic nitrogens is 3. The fourth-order valence-corrected chi connectivity index (χ4v) is 4.15. The monoisotopic (exact) mass is 389 g/mol. The molecule has 2 N–H and O–H groups in total. The fourth-order valence-electron chi connectivity index (χ4n) is 2.47. The summed E-state index contributed by atoms with van der Waals surface area (Å²) in [4.78, 5) is 17.0. The van der Waals surface area contributed by atoms with Crippen LogP contribution in [0.15, 0.2) is 40.4 Å². The Kier molecular flexibility index (Phi) is 4.78. The smallest absolute Gasteiger partial charge is 0.297 e. The number of sulfonamides is 1. The minimum Gasteiger partial charge on any atom is -0.305 e. The number of carbonyl (C=O) groups is 1. The molecule has 0 saturated heterocycles. The number of aryl methyl sites for hydroxylation is 1. The highest BCUT2D eigenvalue weighted by atomic mass is 32.2. The lowest BCUT2D eigenvalue weighted by atomic mass is 10.3. The van der Waals surface area contributed by atoms with Crippen molar-refractivity contribution in [3.8, 4) is 12.3 Å². The lowest BCUT2D eigenvalue weighted by Gasteiger charge is -2.02. The lowest BCUT2D eigenvalue weighted by molar-refractivity contribution is 0.0987. The maximum atomic E-state index is 12.5. The molecule has 0 atom stereocenters. The third-order valence-corrected chi connectivity index (χ3v) is 5.62. The molecule has 2 aromatic heterocycles. The second-order valence-electron chi connectivity index (χ2n) is 5.30. The topological polar surface area (TPSA) is 112 Å². The van der Waals surface area contributed by atoms with E-state index in [0.29, 0.717) is 27.3 Å². The number of amides is 1. The fraction of sp³-hybridized carbons (Fsp3) is 0.188. The Hall–Kier alpha value is -2.74. The number of hydrogen-bond acceptors (Lipinski definition) is 5. The van der Waals surface area contributed by atoms with Crippen molar-refractivity contribution < 1.29 is 13.2 Å². The summed E-state index contributed by atoms with van der Waals surface area (Å²) in [7, 11) is -3.83. The second-order valence-corrected chi connectivity index (χ2v) is 7.87. The molecular formula is C16H15N5O3S2. The maximum Gasteiger partial charge on any atom is 0.297 e. The predicted octanol–water partition coefficient (Wildman–Crippen LogP) is 0.941. The zero-order valence-corrected chi connectivity index (χ0v) is 15.4. The predicted molar refractivity (Wildman–Crippen MR) is 97.8 cm³/mol. The maximum absolute atomic E-state index is 12.5. The summed E-state index contributed by atoms with van der Waals surface area (Å²) < 4.78 is 26.9. The van der Waals surface area contributed by atoms with Crippen molar-refractivity contribution in [1.82, 2.24) is 14.3 Å². The molecule has 0 spiro atoms. The molecule has 10 heteroatoms. The number of hydrogen-bond donors (Lipinski definition) is 1. The Morgan fingerprint density at radius 3 is 2.85 bits per heavy atom. The number of fused-ring (bicyclic) bond motifs is 1. The van der Waals surface area contributed by atoms with E-state index >= 15 is 0 Å². The molecule has 1 amide bonds. The van der Waals surface area contributed by atoms with Gasteiger partial charge < -0.3 is 4.57 Å². The van der Waals surface area contributed by atoms with Crippen molar-refractivity contribution in [3.63, 3.8) is 0 Å². The number of nitrogens with two attached hydrogens (primary N) is 1. The standard InChI is InChI=1S/C16H15N5O3S2/c1-3-9-20-12-6-5-11(26(17,23)24)10-14(12)25-16(20)19-15(22)13-7-8-18-21(13)4-2/h1,5-8,10H,4,9H2,2H3,(H2,17,23,24). The van der Waals surface area contributed by atoms with Gasteiger partial charge in [0.1, 0.15) is 5.69 Å². The van der Waals surface area contributed by atoms with Crippen LogP contribution < -0.4 is 9.94 Å². The van der Waals surface area contributed by atoms with Gasteiger partial charge in [0.2, 0.25) is 10.0 Å². The third kappa shape index (κ3) is 3.32. The lowest BCUT2D eigenvalue weighted by Crippen LogP contribution is -2.18. The first kappa shape index (κ1) is 18.1. The van der Waals surface area contributed by atoms with E-state index < -0.39 is 15.9 Å². The molecule has 0 saturated carbocycles. The van der Waals surface area contributed by atoms with Gasteiger partial charge in [0.15, 0.2) is 4.80 Å². The van der Waals surface area contributed by atoms with Gasteiger partial charge in [-0.1, -0.05) is 17.3 Å². The molecule has 134 valence electrons. The highest BCUT2D eigenvalue weighted by Gasteiger charge is 2.14. The Labute approximate surface area is 153 Å². The zero-order chi connectivity index (χ0) is 18.9. The number of primary sulfonamides is 1. The number of terminal acetylenes is 1. The Morgan fingerprint density at radius 1 is 1.42 bits per heavy atom. The van der Waals surface area contributed by atoms with E-state index in [1.54, 1.807) is 21.4 Å². The van der Waals surface area contributed by atoms with Crippen molar-refractivity contribution >= 4 is 37.5 Å². The van der Waals surface area contributed by atoms with E-state index in [1.807, 2.05) is 6.92 Å². The summed E-state index contributed by atoms with van der Waals surface area (Å²) in [6, 6.07) is 6.04. The van der Waals surface area contributed by atoms with Crippen LogP contribution >= 0.6 is 11.3 Å². The van der Waals surface area contributed by atoms with E-state index in [-0.39, 0.29) is 11.4 Å². The molecule has 1 aromatic carbocycles. The number of thiazole rings is 1. The van der Waals surface area contributed by atoms with Crippen molar-refractivity contribution in [2.24, 2.45) is 10.1 Å². The van der Waals surface area contributed by atoms with Crippen LogP contribution in [0.25, 0.3) is 10.2 Å². The van der Waals surface area contributed by atoms with E-state index in [9.17, 15) is 13.2 Å². The zero-order valence-electron chi connectivity index (χ0n) is 13.8. The molecule has 3 aromatic rings. The van der Waals surface area contributed by atoms with Crippen LogP contribution in [0.4, 0.5) is 0 Å². The molecule has 0 radical (unpaired) electrons. The number of carbonyl (C=O) groups excluding carboxylic acids is 1. The van der Waals surface area contributed by atoms with Gasteiger partial charge in [0, 0.05) is 12.7 Å². The normalized spacial score (nSPS) is 12.4. The van der Waals surface area contributed by atoms with Gasteiger partial charge in [0.25, 0.3) is 5.91 Å². The van der Waals surface area contributed by atoms with Gasteiger partial charge in [-0.3, -0.25) is 9.48 Å². The van der Waals surface area contributed by atoms with Gasteiger partial charge in [-0.25, -0.2) is 13.6 Å². The molecule has 0 aliphatic heterocycles. The van der Waals surface area contributed by atoms with Crippen molar-refractivity contribution in [1.29, 1.82) is 0 Å². The molecule has 8 nitrogen and oxygen atoms in total. The third-order valence-electron chi connectivity index (χ3n) is 3.66. The van der Waals surface area contributed by atoms with Crippen molar-refractivity contribution in [3.05, 3.63) is 41.0 Å². The molecule has 0 unspecified atom stereocenters. The highest BCUT2D eigenvalue weighted by Crippen LogP contribution is 2.21.